The van der Waals surface area contributed by atoms with Crippen LogP contribution in [0.1, 0.15) is 11.1 Å². The highest BCUT2D eigenvalue weighted by atomic mass is 32.1. The SMILES string of the molecule is Cc1ccc(C)c(NC(=O)Cn2nnc(-c3ccsc3)n2)c1. The molecule has 112 valence electrons. The van der Waals surface area contributed by atoms with E-state index < -0.39 is 0 Å². The normalized spacial score (nSPS) is 10.6. The molecule has 3 rings (SSSR count). The Bertz CT molecular complexity index is 794. The minimum atomic E-state index is -0.178. The molecule has 0 saturated carbocycles. The molecule has 22 heavy (non-hydrogen) atoms. The first kappa shape index (κ1) is 14.4. The monoisotopic (exact) mass is 313 g/mol. The maximum atomic E-state index is 12.1. The van der Waals surface area contributed by atoms with Gasteiger partial charge in [-0.2, -0.15) is 16.1 Å². The fourth-order valence-corrected chi connectivity index (χ4v) is 2.64. The number of hydrogen-bond donors (Lipinski definition) is 1. The number of thiophene rings is 1. The number of amides is 1. The molecule has 0 saturated heterocycles. The van der Waals surface area contributed by atoms with Crippen molar-refractivity contribution in [1.82, 2.24) is 20.2 Å². The molecule has 1 aromatic carbocycles. The molecule has 0 radical (unpaired) electrons. The molecular weight excluding hydrogens is 298 g/mol. The summed E-state index contributed by atoms with van der Waals surface area (Å²) in [6, 6.07) is 7.85. The fraction of sp³-hybridized carbons (Fsp3) is 0.200. The lowest BCUT2D eigenvalue weighted by Gasteiger charge is -2.08. The molecule has 0 aliphatic carbocycles. The highest BCUT2D eigenvalue weighted by molar-refractivity contribution is 7.08. The van der Waals surface area contributed by atoms with Crippen molar-refractivity contribution >= 4 is 22.9 Å². The predicted molar refractivity (Wildman–Crippen MR) is 85.7 cm³/mol. The van der Waals surface area contributed by atoms with E-state index in [1.165, 1.54) is 4.80 Å². The van der Waals surface area contributed by atoms with Crippen molar-refractivity contribution in [3.63, 3.8) is 0 Å². The van der Waals surface area contributed by atoms with Crippen LogP contribution in [0.4, 0.5) is 5.69 Å². The first-order chi connectivity index (χ1) is 10.6. The summed E-state index contributed by atoms with van der Waals surface area (Å²) in [6.45, 7) is 3.98. The molecule has 0 aliphatic rings. The Balaban J connectivity index is 1.68. The number of hydrogen-bond acceptors (Lipinski definition) is 5. The summed E-state index contributed by atoms with van der Waals surface area (Å²) in [5.41, 5.74) is 3.83. The standard InChI is InChI=1S/C15H15N5OS/c1-10-3-4-11(2)13(7-10)16-14(21)8-20-18-15(17-19-20)12-5-6-22-9-12/h3-7,9H,8H2,1-2H3,(H,16,21). The van der Waals surface area contributed by atoms with Crippen molar-refractivity contribution < 1.29 is 4.79 Å². The van der Waals surface area contributed by atoms with Crippen molar-refractivity contribution in [3.8, 4) is 11.4 Å². The van der Waals surface area contributed by atoms with Crippen LogP contribution in [0.3, 0.4) is 0 Å². The minimum absolute atomic E-state index is 0.0323. The summed E-state index contributed by atoms with van der Waals surface area (Å²) < 4.78 is 0. The van der Waals surface area contributed by atoms with E-state index in [1.54, 1.807) is 11.3 Å². The van der Waals surface area contributed by atoms with Gasteiger partial charge in [0.25, 0.3) is 0 Å². The lowest BCUT2D eigenvalue weighted by molar-refractivity contribution is -0.117. The van der Waals surface area contributed by atoms with Gasteiger partial charge in [0.05, 0.1) is 0 Å². The molecule has 1 amide bonds. The van der Waals surface area contributed by atoms with Crippen LogP contribution >= 0.6 is 11.3 Å². The molecule has 6 nitrogen and oxygen atoms in total. The molecule has 7 heteroatoms. The van der Waals surface area contributed by atoms with E-state index in [9.17, 15) is 4.79 Å². The van der Waals surface area contributed by atoms with E-state index in [0.29, 0.717) is 5.82 Å². The molecule has 3 aromatic rings. The Morgan fingerprint density at radius 2 is 2.18 bits per heavy atom. The first-order valence-electron chi connectivity index (χ1n) is 6.79. The van der Waals surface area contributed by atoms with E-state index in [1.807, 2.05) is 48.9 Å². The third-order valence-corrected chi connectivity index (χ3v) is 3.87. The third kappa shape index (κ3) is 3.20. The zero-order chi connectivity index (χ0) is 15.5. The molecule has 0 fully saturated rings. The zero-order valence-electron chi connectivity index (χ0n) is 12.3. The van der Waals surface area contributed by atoms with Crippen LogP contribution in [0.5, 0.6) is 0 Å². The molecule has 0 atom stereocenters. The minimum Gasteiger partial charge on any atom is -0.324 e. The van der Waals surface area contributed by atoms with Gasteiger partial charge >= 0.3 is 0 Å². The van der Waals surface area contributed by atoms with Crippen LogP contribution in [0.25, 0.3) is 11.4 Å². The average molecular weight is 313 g/mol. The Morgan fingerprint density at radius 3 is 2.95 bits per heavy atom. The smallest absolute Gasteiger partial charge is 0.248 e. The molecule has 0 aliphatic heterocycles. The number of benzene rings is 1. The summed E-state index contributed by atoms with van der Waals surface area (Å²) in [5, 5.41) is 18.9. The predicted octanol–water partition coefficient (Wildman–Crippen LogP) is 2.66. The summed E-state index contributed by atoms with van der Waals surface area (Å²) in [5.74, 6) is 0.351. The summed E-state index contributed by atoms with van der Waals surface area (Å²) in [4.78, 5) is 13.4. The van der Waals surface area contributed by atoms with Gasteiger partial charge in [-0.3, -0.25) is 4.79 Å². The third-order valence-electron chi connectivity index (χ3n) is 3.18. The van der Waals surface area contributed by atoms with E-state index >= 15 is 0 Å². The number of rotatable bonds is 4. The lowest BCUT2D eigenvalue weighted by Crippen LogP contribution is -2.21. The van der Waals surface area contributed by atoms with Gasteiger partial charge in [-0.1, -0.05) is 12.1 Å². The van der Waals surface area contributed by atoms with Gasteiger partial charge in [-0.15, -0.1) is 10.2 Å². The Hall–Kier alpha value is -2.54. The quantitative estimate of drug-likeness (QED) is 0.803. The molecule has 2 aromatic heterocycles. The van der Waals surface area contributed by atoms with Gasteiger partial charge in [-0.05, 0) is 47.7 Å². The molecule has 2 heterocycles. The van der Waals surface area contributed by atoms with Gasteiger partial charge in [0.1, 0.15) is 6.54 Å². The van der Waals surface area contributed by atoms with Crippen LogP contribution in [0.2, 0.25) is 0 Å². The van der Waals surface area contributed by atoms with Crippen LogP contribution < -0.4 is 5.32 Å². The highest BCUT2D eigenvalue weighted by Gasteiger charge is 2.10. The van der Waals surface area contributed by atoms with Gasteiger partial charge < -0.3 is 5.32 Å². The highest BCUT2D eigenvalue weighted by Crippen LogP contribution is 2.17. The molecular formula is C15H15N5OS. The van der Waals surface area contributed by atoms with E-state index in [2.05, 4.69) is 20.7 Å². The van der Waals surface area contributed by atoms with Crippen LogP contribution in [0, 0.1) is 13.8 Å². The summed E-state index contributed by atoms with van der Waals surface area (Å²) >= 11 is 1.57. The average Bonchev–Trinajstić information content (AvgIpc) is 3.13. The van der Waals surface area contributed by atoms with Gasteiger partial charge in [-0.25, -0.2) is 0 Å². The first-order valence-corrected chi connectivity index (χ1v) is 7.73. The number of carbonyl (C=O) groups excluding carboxylic acids is 1. The number of carbonyl (C=O) groups is 1. The second kappa shape index (κ2) is 6.07. The van der Waals surface area contributed by atoms with Crippen LogP contribution in [0.15, 0.2) is 35.0 Å². The molecule has 1 N–H and O–H groups in total. The fourth-order valence-electron chi connectivity index (χ4n) is 2.01. The number of aromatic nitrogens is 4. The number of nitrogens with zero attached hydrogens (tertiary/aromatic N) is 4. The topological polar surface area (TPSA) is 72.7 Å². The van der Waals surface area contributed by atoms with E-state index in [-0.39, 0.29) is 12.5 Å². The van der Waals surface area contributed by atoms with Gasteiger partial charge in [0, 0.05) is 16.6 Å². The van der Waals surface area contributed by atoms with Crippen molar-refractivity contribution in [3.05, 3.63) is 46.2 Å². The Labute approximate surface area is 131 Å². The number of tetrazole rings is 1. The number of nitrogens with one attached hydrogen (secondary N) is 1. The largest absolute Gasteiger partial charge is 0.324 e. The lowest BCUT2D eigenvalue weighted by atomic mass is 10.1. The number of anilines is 1. The maximum Gasteiger partial charge on any atom is 0.248 e. The Kier molecular flexibility index (Phi) is 3.97. The zero-order valence-corrected chi connectivity index (χ0v) is 13.1. The van der Waals surface area contributed by atoms with E-state index in [0.717, 1.165) is 22.4 Å². The number of aryl methyl sites for hydroxylation is 2. The maximum absolute atomic E-state index is 12.1. The second-order valence-electron chi connectivity index (χ2n) is 5.02. The van der Waals surface area contributed by atoms with Crippen LogP contribution in [-0.4, -0.2) is 26.1 Å². The Morgan fingerprint density at radius 1 is 1.32 bits per heavy atom. The molecule has 0 unspecified atom stereocenters. The van der Waals surface area contributed by atoms with Crippen LogP contribution in [-0.2, 0) is 11.3 Å². The van der Waals surface area contributed by atoms with Crippen molar-refractivity contribution in [1.29, 1.82) is 0 Å². The molecule has 0 spiro atoms. The van der Waals surface area contributed by atoms with Gasteiger partial charge in [0.2, 0.25) is 11.7 Å². The summed E-state index contributed by atoms with van der Waals surface area (Å²) in [7, 11) is 0. The van der Waals surface area contributed by atoms with Crippen molar-refractivity contribution in [2.24, 2.45) is 0 Å². The second-order valence-corrected chi connectivity index (χ2v) is 5.80. The van der Waals surface area contributed by atoms with Crippen molar-refractivity contribution in [2.45, 2.75) is 20.4 Å². The van der Waals surface area contributed by atoms with Gasteiger partial charge in [0.15, 0.2) is 0 Å². The van der Waals surface area contributed by atoms with E-state index in [4.69, 9.17) is 0 Å². The van der Waals surface area contributed by atoms with Crippen molar-refractivity contribution in [2.75, 3.05) is 5.32 Å². The molecule has 0 bridgehead atoms. The summed E-state index contributed by atoms with van der Waals surface area (Å²) in [6.07, 6.45) is 0.